The molecular weight excluding hydrogens is 292 g/mol. The zero-order chi connectivity index (χ0) is 15.4. The molecule has 0 heterocycles. The third-order valence-corrected chi connectivity index (χ3v) is 2.99. The maximum Gasteiger partial charge on any atom is 0.336 e. The average molecular weight is 301 g/mol. The van der Waals surface area contributed by atoms with Crippen LogP contribution in [-0.2, 0) is 0 Å². The fourth-order valence-electron chi connectivity index (χ4n) is 1.78. The molecule has 0 aliphatic carbocycles. The summed E-state index contributed by atoms with van der Waals surface area (Å²) in [5.74, 6) is -1.80. The summed E-state index contributed by atoms with van der Waals surface area (Å²) in [6.07, 6.45) is 0. The molecule has 6 heteroatoms. The summed E-state index contributed by atoms with van der Waals surface area (Å²) in [7, 11) is 0. The van der Waals surface area contributed by atoms with Crippen molar-refractivity contribution >= 4 is 29.2 Å². The van der Waals surface area contributed by atoms with Gasteiger partial charge in [0.2, 0.25) is 0 Å². The van der Waals surface area contributed by atoms with Crippen molar-refractivity contribution in [2.75, 3.05) is 5.32 Å². The quantitative estimate of drug-likeness (QED) is 0.911. The fourth-order valence-corrected chi connectivity index (χ4v) is 1.95. The topological polar surface area (TPSA) is 90.2 Å². The van der Waals surface area contributed by atoms with Crippen molar-refractivity contribution in [2.24, 2.45) is 0 Å². The first-order valence-corrected chi connectivity index (χ1v) is 6.24. The van der Waals surface area contributed by atoms with Gasteiger partial charge in [-0.15, -0.1) is 0 Å². The number of hydrogen-bond acceptors (Lipinski definition) is 3. The Kier molecular flexibility index (Phi) is 4.21. The first-order chi connectivity index (χ1) is 10.0. The number of aromatic carboxylic acids is 1. The fraction of sp³-hybridized carbons (Fsp3) is 0. The second-order valence-corrected chi connectivity index (χ2v) is 4.54. The van der Waals surface area contributed by atoms with Gasteiger partial charge in [0.15, 0.2) is 0 Å². The molecule has 0 aliphatic rings. The molecule has 0 saturated carbocycles. The molecule has 0 radical (unpaired) electrons. The summed E-state index contributed by atoms with van der Waals surface area (Å²) in [6, 6.07) is 12.2. The zero-order valence-electron chi connectivity index (χ0n) is 10.6. The Hall–Kier alpha value is -2.84. The van der Waals surface area contributed by atoms with Crippen LogP contribution in [-0.4, -0.2) is 17.0 Å². The summed E-state index contributed by atoms with van der Waals surface area (Å²) in [4.78, 5) is 23.3. The van der Waals surface area contributed by atoms with Gasteiger partial charge in [-0.1, -0.05) is 23.7 Å². The molecule has 2 N–H and O–H groups in total. The van der Waals surface area contributed by atoms with E-state index >= 15 is 0 Å². The van der Waals surface area contributed by atoms with Gasteiger partial charge in [-0.25, -0.2) is 4.79 Å². The third-order valence-electron chi connectivity index (χ3n) is 2.75. The molecule has 0 atom stereocenters. The van der Waals surface area contributed by atoms with E-state index in [0.717, 1.165) is 0 Å². The van der Waals surface area contributed by atoms with Crippen molar-refractivity contribution < 1.29 is 14.7 Å². The van der Waals surface area contributed by atoms with E-state index in [4.69, 9.17) is 22.0 Å². The molecular formula is C15H9ClN2O3. The number of benzene rings is 2. The molecule has 0 aliphatic heterocycles. The van der Waals surface area contributed by atoms with Gasteiger partial charge in [0.25, 0.3) is 5.91 Å². The van der Waals surface area contributed by atoms with Gasteiger partial charge in [-0.05, 0) is 30.3 Å². The highest BCUT2D eigenvalue weighted by Crippen LogP contribution is 2.21. The normalized spacial score (nSPS) is 9.71. The predicted octanol–water partition coefficient (Wildman–Crippen LogP) is 3.16. The van der Waals surface area contributed by atoms with Crippen LogP contribution in [0.5, 0.6) is 0 Å². The Morgan fingerprint density at radius 3 is 2.43 bits per heavy atom. The molecule has 1 amide bonds. The molecule has 0 fully saturated rings. The Bertz CT molecular complexity index is 766. The molecule has 0 aromatic heterocycles. The van der Waals surface area contributed by atoms with Crippen LogP contribution in [0, 0.1) is 11.3 Å². The smallest absolute Gasteiger partial charge is 0.336 e. The second-order valence-electron chi connectivity index (χ2n) is 4.11. The zero-order valence-corrected chi connectivity index (χ0v) is 11.4. The molecule has 0 saturated heterocycles. The van der Waals surface area contributed by atoms with E-state index in [1.54, 1.807) is 6.07 Å². The van der Waals surface area contributed by atoms with E-state index in [0.29, 0.717) is 5.02 Å². The van der Waals surface area contributed by atoms with Crippen LogP contribution in [0.2, 0.25) is 5.02 Å². The Balaban J connectivity index is 2.36. The Morgan fingerprint density at radius 2 is 1.81 bits per heavy atom. The van der Waals surface area contributed by atoms with E-state index in [1.807, 2.05) is 6.07 Å². The molecule has 104 valence electrons. The SMILES string of the molecule is N#Cc1cc(Cl)ccc1NC(=O)c1ccccc1C(=O)O. The standard InChI is InChI=1S/C15H9ClN2O3/c16-10-5-6-13(9(7-10)8-17)18-14(19)11-3-1-2-4-12(11)15(20)21/h1-7H,(H,18,19)(H,20,21). The van der Waals surface area contributed by atoms with E-state index in [9.17, 15) is 9.59 Å². The number of anilines is 1. The van der Waals surface area contributed by atoms with Crippen molar-refractivity contribution in [2.45, 2.75) is 0 Å². The van der Waals surface area contributed by atoms with Gasteiger partial charge < -0.3 is 10.4 Å². The monoisotopic (exact) mass is 300 g/mol. The lowest BCUT2D eigenvalue weighted by atomic mass is 10.1. The number of carbonyl (C=O) groups excluding carboxylic acids is 1. The Morgan fingerprint density at radius 1 is 1.14 bits per heavy atom. The Labute approximate surface area is 125 Å². The van der Waals surface area contributed by atoms with Crippen LogP contribution < -0.4 is 5.32 Å². The first-order valence-electron chi connectivity index (χ1n) is 5.86. The lowest BCUT2D eigenvalue weighted by Crippen LogP contribution is -2.16. The van der Waals surface area contributed by atoms with Crippen LogP contribution in [0.3, 0.4) is 0 Å². The number of hydrogen-bond donors (Lipinski definition) is 2. The van der Waals surface area contributed by atoms with Crippen LogP contribution in [0.1, 0.15) is 26.3 Å². The molecule has 0 spiro atoms. The number of nitrogens with one attached hydrogen (secondary N) is 1. The summed E-state index contributed by atoms with van der Waals surface area (Å²) in [5.41, 5.74) is 0.377. The minimum absolute atomic E-state index is 0.0174. The van der Waals surface area contributed by atoms with Crippen molar-refractivity contribution in [1.29, 1.82) is 5.26 Å². The summed E-state index contributed by atoms with van der Waals surface area (Å²) < 4.78 is 0. The highest BCUT2D eigenvalue weighted by molar-refractivity contribution is 6.30. The van der Waals surface area contributed by atoms with Crippen LogP contribution in [0.15, 0.2) is 42.5 Å². The third kappa shape index (κ3) is 3.19. The number of amides is 1. The molecule has 2 aromatic carbocycles. The molecule has 0 unspecified atom stereocenters. The lowest BCUT2D eigenvalue weighted by Gasteiger charge is -2.09. The van der Waals surface area contributed by atoms with Crippen LogP contribution in [0.4, 0.5) is 5.69 Å². The highest BCUT2D eigenvalue weighted by Gasteiger charge is 2.16. The highest BCUT2D eigenvalue weighted by atomic mass is 35.5. The van der Waals surface area contributed by atoms with Gasteiger partial charge >= 0.3 is 5.97 Å². The van der Waals surface area contributed by atoms with E-state index in [-0.39, 0.29) is 22.4 Å². The predicted molar refractivity (Wildman–Crippen MR) is 77.5 cm³/mol. The summed E-state index contributed by atoms with van der Waals surface area (Å²) >= 11 is 5.77. The minimum Gasteiger partial charge on any atom is -0.478 e. The van der Waals surface area contributed by atoms with Gasteiger partial charge in [-0.3, -0.25) is 4.79 Å². The van der Waals surface area contributed by atoms with Crippen molar-refractivity contribution in [1.82, 2.24) is 0 Å². The second kappa shape index (κ2) is 6.07. The van der Waals surface area contributed by atoms with E-state index in [2.05, 4.69) is 5.32 Å². The number of carbonyl (C=O) groups is 2. The van der Waals surface area contributed by atoms with Gasteiger partial charge in [0.05, 0.1) is 22.4 Å². The van der Waals surface area contributed by atoms with E-state index < -0.39 is 11.9 Å². The summed E-state index contributed by atoms with van der Waals surface area (Å²) in [6.45, 7) is 0. The molecule has 0 bridgehead atoms. The number of halogens is 1. The minimum atomic E-state index is -1.20. The maximum absolute atomic E-state index is 12.2. The molecule has 2 rings (SSSR count). The number of rotatable bonds is 3. The lowest BCUT2D eigenvalue weighted by molar-refractivity contribution is 0.0692. The number of carboxylic acids is 1. The first kappa shape index (κ1) is 14.6. The number of nitrogens with zero attached hydrogens (tertiary/aromatic N) is 1. The number of nitriles is 1. The van der Waals surface area contributed by atoms with Gasteiger partial charge in [0.1, 0.15) is 6.07 Å². The molecule has 2 aromatic rings. The summed E-state index contributed by atoms with van der Waals surface area (Å²) in [5, 5.41) is 21.0. The number of carboxylic acid groups (broad SMARTS) is 1. The van der Waals surface area contributed by atoms with E-state index in [1.165, 1.54) is 36.4 Å². The van der Waals surface area contributed by atoms with Crippen molar-refractivity contribution in [3.8, 4) is 6.07 Å². The van der Waals surface area contributed by atoms with Gasteiger partial charge in [0, 0.05) is 5.02 Å². The van der Waals surface area contributed by atoms with Crippen LogP contribution >= 0.6 is 11.6 Å². The maximum atomic E-state index is 12.2. The molecule has 5 nitrogen and oxygen atoms in total. The van der Waals surface area contributed by atoms with Crippen molar-refractivity contribution in [3.05, 3.63) is 64.2 Å². The van der Waals surface area contributed by atoms with Gasteiger partial charge in [-0.2, -0.15) is 5.26 Å². The van der Waals surface area contributed by atoms with Crippen LogP contribution in [0.25, 0.3) is 0 Å². The molecule has 21 heavy (non-hydrogen) atoms. The van der Waals surface area contributed by atoms with Crippen molar-refractivity contribution in [3.63, 3.8) is 0 Å². The largest absolute Gasteiger partial charge is 0.478 e. The average Bonchev–Trinajstić information content (AvgIpc) is 2.48.